The van der Waals surface area contributed by atoms with Crippen molar-refractivity contribution in [3.05, 3.63) is 24.3 Å². The summed E-state index contributed by atoms with van der Waals surface area (Å²) in [6.07, 6.45) is 44.7. The highest BCUT2D eigenvalue weighted by molar-refractivity contribution is 7.45. The van der Waals surface area contributed by atoms with E-state index in [9.17, 15) is 9.46 Å². The van der Waals surface area contributed by atoms with Crippen molar-refractivity contribution in [2.45, 2.75) is 200 Å². The Balaban J connectivity index is 4.12. The summed E-state index contributed by atoms with van der Waals surface area (Å²) in [4.78, 5) is 12.4. The summed E-state index contributed by atoms with van der Waals surface area (Å²) in [5, 5.41) is 0. The van der Waals surface area contributed by atoms with Gasteiger partial charge in [0.05, 0.1) is 34.4 Å². The molecule has 310 valence electrons. The van der Waals surface area contributed by atoms with Gasteiger partial charge in [-0.1, -0.05) is 154 Å². The predicted molar refractivity (Wildman–Crippen MR) is 222 cm³/mol. The summed E-state index contributed by atoms with van der Waals surface area (Å²) in [5.41, 5.74) is 0. The van der Waals surface area contributed by atoms with Crippen molar-refractivity contribution in [2.24, 2.45) is 0 Å². The van der Waals surface area contributed by atoms with Gasteiger partial charge < -0.3 is 27.9 Å². The maximum Gasteiger partial charge on any atom is 0.268 e. The van der Waals surface area contributed by atoms with Crippen LogP contribution in [0.2, 0.25) is 0 Å². The zero-order valence-corrected chi connectivity index (χ0v) is 36.2. The second-order valence-corrected chi connectivity index (χ2v) is 17.4. The average molecular weight is 758 g/mol. The summed E-state index contributed by atoms with van der Waals surface area (Å²) in [7, 11) is 1.59. The molecule has 0 aromatic heterocycles. The van der Waals surface area contributed by atoms with Crippen LogP contribution in [0.25, 0.3) is 0 Å². The molecular weight excluding hydrogens is 669 g/mol. The summed E-state index contributed by atoms with van der Waals surface area (Å²) in [5.74, 6) is 0. The third-order valence-corrected chi connectivity index (χ3v) is 10.5. The topological polar surface area (TPSA) is 77.1 Å². The SMILES string of the molecule is CCCCCCCC/C=C\CCCCCCCCOC[C@H](COP(=O)([O-])OCC[N+](C)(C)C)OCCCCCC/C=C\CCCCCCCCCC. The molecule has 0 radical (unpaired) electrons. The van der Waals surface area contributed by atoms with E-state index < -0.39 is 13.9 Å². The van der Waals surface area contributed by atoms with Crippen LogP contribution in [0, 0.1) is 0 Å². The summed E-state index contributed by atoms with van der Waals surface area (Å²) >= 11 is 0. The van der Waals surface area contributed by atoms with Gasteiger partial charge in [-0.05, 0) is 64.2 Å². The van der Waals surface area contributed by atoms with Gasteiger partial charge in [0.25, 0.3) is 7.82 Å². The molecule has 0 N–H and O–H groups in total. The molecule has 0 heterocycles. The normalized spacial score (nSPS) is 14.2. The molecule has 52 heavy (non-hydrogen) atoms. The van der Waals surface area contributed by atoms with E-state index in [1.54, 1.807) is 0 Å². The van der Waals surface area contributed by atoms with Gasteiger partial charge in [-0.2, -0.15) is 0 Å². The fourth-order valence-electron chi connectivity index (χ4n) is 6.05. The maximum absolute atomic E-state index is 12.4. The summed E-state index contributed by atoms with van der Waals surface area (Å²) in [6, 6.07) is 0. The highest BCUT2D eigenvalue weighted by Gasteiger charge is 2.18. The molecule has 2 atom stereocenters. The number of quaternary nitrogens is 1. The van der Waals surface area contributed by atoms with Crippen LogP contribution in [0.5, 0.6) is 0 Å². The molecule has 0 spiro atoms. The number of likely N-dealkylation sites (N-methyl/N-ethyl adjacent to an activating group) is 1. The third kappa shape index (κ3) is 42.2. The Bertz CT molecular complexity index is 830. The van der Waals surface area contributed by atoms with E-state index in [2.05, 4.69) is 38.2 Å². The van der Waals surface area contributed by atoms with Gasteiger partial charge in [-0.25, -0.2) is 0 Å². The lowest BCUT2D eigenvalue weighted by molar-refractivity contribution is -0.870. The molecule has 8 heteroatoms. The smallest absolute Gasteiger partial charge is 0.268 e. The predicted octanol–water partition coefficient (Wildman–Crippen LogP) is 12.7. The van der Waals surface area contributed by atoms with Crippen LogP contribution in [0.3, 0.4) is 0 Å². The molecule has 0 aromatic carbocycles. The van der Waals surface area contributed by atoms with Crippen molar-refractivity contribution in [3.8, 4) is 0 Å². The van der Waals surface area contributed by atoms with E-state index in [0.29, 0.717) is 30.8 Å². The Morgan fingerprint density at radius 2 is 0.885 bits per heavy atom. The van der Waals surface area contributed by atoms with Gasteiger partial charge in [0, 0.05) is 13.2 Å². The molecule has 0 fully saturated rings. The first kappa shape index (κ1) is 51.5. The molecule has 0 rings (SSSR count). The Morgan fingerprint density at radius 3 is 1.31 bits per heavy atom. The fourth-order valence-corrected chi connectivity index (χ4v) is 6.78. The molecule has 0 saturated carbocycles. The molecule has 0 saturated heterocycles. The highest BCUT2D eigenvalue weighted by Crippen LogP contribution is 2.38. The van der Waals surface area contributed by atoms with Crippen LogP contribution in [0.15, 0.2) is 24.3 Å². The lowest BCUT2D eigenvalue weighted by atomic mass is 10.1. The molecule has 0 aliphatic carbocycles. The first-order chi connectivity index (χ1) is 25.2. The zero-order valence-electron chi connectivity index (χ0n) is 35.3. The number of phosphoric acid groups is 1. The minimum absolute atomic E-state index is 0.0811. The van der Waals surface area contributed by atoms with Crippen molar-refractivity contribution in [1.29, 1.82) is 0 Å². The third-order valence-electron chi connectivity index (χ3n) is 9.54. The second-order valence-electron chi connectivity index (χ2n) is 16.0. The minimum atomic E-state index is -4.39. The second kappa shape index (κ2) is 38.7. The van der Waals surface area contributed by atoms with Crippen LogP contribution >= 0.6 is 7.82 Å². The number of hydrogen-bond donors (Lipinski definition) is 0. The van der Waals surface area contributed by atoms with Crippen molar-refractivity contribution in [1.82, 2.24) is 0 Å². The van der Waals surface area contributed by atoms with Crippen LogP contribution in [-0.2, 0) is 23.1 Å². The van der Waals surface area contributed by atoms with Gasteiger partial charge >= 0.3 is 0 Å². The average Bonchev–Trinajstić information content (AvgIpc) is 3.10. The van der Waals surface area contributed by atoms with Gasteiger partial charge in [-0.15, -0.1) is 0 Å². The van der Waals surface area contributed by atoms with Gasteiger partial charge in [-0.3, -0.25) is 4.57 Å². The van der Waals surface area contributed by atoms with E-state index in [1.165, 1.54) is 148 Å². The van der Waals surface area contributed by atoms with Gasteiger partial charge in [0.1, 0.15) is 19.3 Å². The summed E-state index contributed by atoms with van der Waals surface area (Å²) < 4.78 is 35.3. The van der Waals surface area contributed by atoms with E-state index in [1.807, 2.05) is 21.1 Å². The van der Waals surface area contributed by atoms with Crippen LogP contribution in [0.4, 0.5) is 0 Å². The quantitative estimate of drug-likeness (QED) is 0.0267. The number of hydrogen-bond acceptors (Lipinski definition) is 6. The lowest BCUT2D eigenvalue weighted by Gasteiger charge is -2.28. The molecular formula is C44H88NO6P. The van der Waals surface area contributed by atoms with Crippen LogP contribution in [0.1, 0.15) is 194 Å². The summed E-state index contributed by atoms with van der Waals surface area (Å²) in [6.45, 7) is 6.69. The number of ether oxygens (including phenoxy) is 2. The van der Waals surface area contributed by atoms with E-state index in [0.717, 1.165) is 32.1 Å². The van der Waals surface area contributed by atoms with Crippen LogP contribution in [-0.4, -0.2) is 71.3 Å². The van der Waals surface area contributed by atoms with E-state index >= 15 is 0 Å². The Labute approximate surface area is 324 Å². The first-order valence-electron chi connectivity index (χ1n) is 22.1. The van der Waals surface area contributed by atoms with Crippen LogP contribution < -0.4 is 4.89 Å². The van der Waals surface area contributed by atoms with Crippen molar-refractivity contribution in [2.75, 3.05) is 60.7 Å². The number of phosphoric ester groups is 1. The Morgan fingerprint density at radius 1 is 0.500 bits per heavy atom. The zero-order chi connectivity index (χ0) is 38.3. The first-order valence-corrected chi connectivity index (χ1v) is 23.6. The van der Waals surface area contributed by atoms with Gasteiger partial charge in [0.15, 0.2) is 0 Å². The Kier molecular flexibility index (Phi) is 38.3. The monoisotopic (exact) mass is 758 g/mol. The van der Waals surface area contributed by atoms with Crippen molar-refractivity contribution in [3.63, 3.8) is 0 Å². The maximum atomic E-state index is 12.4. The fraction of sp³-hybridized carbons (Fsp3) is 0.909. The minimum Gasteiger partial charge on any atom is -0.756 e. The van der Waals surface area contributed by atoms with E-state index in [-0.39, 0.29) is 13.2 Å². The number of rotatable bonds is 42. The largest absolute Gasteiger partial charge is 0.756 e. The van der Waals surface area contributed by atoms with Crippen molar-refractivity contribution >= 4 is 7.82 Å². The van der Waals surface area contributed by atoms with E-state index in [4.69, 9.17) is 18.5 Å². The number of allylic oxidation sites excluding steroid dienone is 4. The molecule has 0 aliphatic rings. The molecule has 0 aromatic rings. The number of nitrogens with zero attached hydrogens (tertiary/aromatic N) is 1. The Hall–Kier alpha value is -0.530. The molecule has 0 aliphatic heterocycles. The molecule has 0 bridgehead atoms. The molecule has 7 nitrogen and oxygen atoms in total. The lowest BCUT2D eigenvalue weighted by Crippen LogP contribution is -2.37. The number of unbranched alkanes of at least 4 members (excludes halogenated alkanes) is 24. The van der Waals surface area contributed by atoms with Crippen molar-refractivity contribution < 1.29 is 32.5 Å². The van der Waals surface area contributed by atoms with Gasteiger partial charge in [0.2, 0.25) is 0 Å². The highest BCUT2D eigenvalue weighted by atomic mass is 31.2. The molecule has 1 unspecified atom stereocenters. The standard InChI is InChI=1S/C44H88NO6P/c1-6-8-10-12-14-16-18-20-22-24-26-28-30-32-34-36-39-48-42-44(43-51-52(46,47)50-41-38-45(3,4)5)49-40-37-35-33-31-29-27-25-23-21-19-17-15-13-11-9-7-2/h20,22,25,27,44H,6-19,21,23-24,26,28-43H2,1-5H3/b22-20-,27-25-/t44-/m1/s1. The molecule has 0 amide bonds.